The van der Waals surface area contributed by atoms with E-state index < -0.39 is 11.6 Å². The van der Waals surface area contributed by atoms with Crippen LogP contribution >= 0.6 is 0 Å². The lowest BCUT2D eigenvalue weighted by Crippen LogP contribution is -2.27. The van der Waals surface area contributed by atoms with Gasteiger partial charge in [-0.25, -0.2) is 4.79 Å². The molecule has 6 nitrogen and oxygen atoms in total. The van der Waals surface area contributed by atoms with Gasteiger partial charge in [-0.15, -0.1) is 0 Å². The molecule has 0 aliphatic carbocycles. The number of aliphatic hydroxyl groups is 1. The van der Waals surface area contributed by atoms with Crippen molar-refractivity contribution < 1.29 is 28.9 Å². The topological polar surface area (TPSA) is 82.1 Å². The molecule has 1 N–H and O–H groups in total. The number of ether oxygens (including phenoxy) is 3. The Morgan fingerprint density at radius 2 is 1.95 bits per heavy atom. The van der Waals surface area contributed by atoms with Crippen molar-refractivity contribution in [2.75, 3.05) is 13.2 Å². The molecular formula is C16H22O6. The number of benzene rings is 1. The predicted octanol–water partition coefficient (Wildman–Crippen LogP) is 2.11. The monoisotopic (exact) mass is 310 g/mol. The van der Waals surface area contributed by atoms with Crippen LogP contribution in [0, 0.1) is 0 Å². The third-order valence-electron chi connectivity index (χ3n) is 2.51. The van der Waals surface area contributed by atoms with E-state index in [4.69, 9.17) is 14.2 Å². The fourth-order valence-corrected chi connectivity index (χ4v) is 1.78. The lowest BCUT2D eigenvalue weighted by molar-refractivity contribution is -0.157. The van der Waals surface area contributed by atoms with Crippen LogP contribution in [-0.4, -0.2) is 36.2 Å². The average molecular weight is 310 g/mol. The third-order valence-corrected chi connectivity index (χ3v) is 2.51. The van der Waals surface area contributed by atoms with Crippen LogP contribution in [0.25, 0.3) is 0 Å². The van der Waals surface area contributed by atoms with E-state index in [0.29, 0.717) is 24.2 Å². The average Bonchev–Trinajstić information content (AvgIpc) is 2.43. The Balaban J connectivity index is 2.96. The van der Waals surface area contributed by atoms with Crippen molar-refractivity contribution >= 4 is 12.3 Å². The zero-order valence-electron chi connectivity index (χ0n) is 13.3. The molecule has 0 atom stereocenters. The van der Waals surface area contributed by atoms with Crippen LogP contribution < -0.4 is 9.47 Å². The zero-order valence-corrected chi connectivity index (χ0v) is 13.3. The lowest BCUT2D eigenvalue weighted by Gasteiger charge is -2.20. The highest BCUT2D eigenvalue weighted by Gasteiger charge is 2.19. The molecule has 0 saturated heterocycles. The number of hydrogen-bond acceptors (Lipinski definition) is 6. The summed E-state index contributed by atoms with van der Waals surface area (Å²) in [5, 5.41) is 9.20. The summed E-state index contributed by atoms with van der Waals surface area (Å²) < 4.78 is 16.0. The summed E-state index contributed by atoms with van der Waals surface area (Å²) in [7, 11) is 0. The predicted molar refractivity (Wildman–Crippen MR) is 80.3 cm³/mol. The van der Waals surface area contributed by atoms with Gasteiger partial charge in [0.2, 0.25) is 0 Å². The van der Waals surface area contributed by atoms with E-state index >= 15 is 0 Å². The minimum absolute atomic E-state index is 0.167. The largest absolute Gasteiger partial charge is 0.490 e. The Kier molecular flexibility index (Phi) is 6.37. The molecule has 0 spiro atoms. The molecule has 122 valence electrons. The van der Waals surface area contributed by atoms with E-state index in [-0.39, 0.29) is 24.5 Å². The molecule has 0 aliphatic heterocycles. The van der Waals surface area contributed by atoms with Crippen molar-refractivity contribution in [1.29, 1.82) is 0 Å². The van der Waals surface area contributed by atoms with Crippen molar-refractivity contribution in [2.45, 2.75) is 39.9 Å². The molecule has 0 fully saturated rings. The van der Waals surface area contributed by atoms with Crippen molar-refractivity contribution in [1.82, 2.24) is 0 Å². The van der Waals surface area contributed by atoms with E-state index in [2.05, 4.69) is 0 Å². The van der Waals surface area contributed by atoms with E-state index in [1.54, 1.807) is 33.8 Å². The smallest absolute Gasteiger partial charge is 0.344 e. The first-order valence-corrected chi connectivity index (χ1v) is 7.01. The molecule has 1 aromatic carbocycles. The molecule has 1 aromatic rings. The number of rotatable bonds is 7. The van der Waals surface area contributed by atoms with E-state index in [1.807, 2.05) is 0 Å². The maximum atomic E-state index is 11.7. The van der Waals surface area contributed by atoms with Gasteiger partial charge in [0.1, 0.15) is 5.60 Å². The zero-order chi connectivity index (χ0) is 16.8. The van der Waals surface area contributed by atoms with Crippen LogP contribution in [0.1, 0.15) is 43.6 Å². The molecular weight excluding hydrogens is 288 g/mol. The van der Waals surface area contributed by atoms with Crippen molar-refractivity contribution in [3.05, 3.63) is 23.3 Å². The van der Waals surface area contributed by atoms with E-state index in [9.17, 15) is 14.7 Å². The van der Waals surface area contributed by atoms with Crippen molar-refractivity contribution in [3.63, 3.8) is 0 Å². The van der Waals surface area contributed by atoms with Gasteiger partial charge in [-0.1, -0.05) is 0 Å². The van der Waals surface area contributed by atoms with Crippen LogP contribution in [-0.2, 0) is 16.1 Å². The van der Waals surface area contributed by atoms with Gasteiger partial charge in [0.05, 0.1) is 18.8 Å². The van der Waals surface area contributed by atoms with E-state index in [1.165, 1.54) is 6.07 Å². The molecule has 0 saturated carbocycles. The van der Waals surface area contributed by atoms with Gasteiger partial charge < -0.3 is 19.3 Å². The molecule has 0 aliphatic rings. The van der Waals surface area contributed by atoms with Crippen molar-refractivity contribution in [3.8, 4) is 11.5 Å². The second kappa shape index (κ2) is 7.79. The molecule has 0 bridgehead atoms. The fraction of sp³-hybridized carbons (Fsp3) is 0.500. The quantitative estimate of drug-likeness (QED) is 0.613. The summed E-state index contributed by atoms with van der Waals surface area (Å²) in [5.41, 5.74) is 0.117. The highest BCUT2D eigenvalue weighted by Crippen LogP contribution is 2.32. The molecule has 6 heteroatoms. The number of aldehydes is 1. The van der Waals surface area contributed by atoms with Crippen LogP contribution in [0.15, 0.2) is 12.1 Å². The van der Waals surface area contributed by atoms with Crippen LogP contribution in [0.4, 0.5) is 0 Å². The highest BCUT2D eigenvalue weighted by molar-refractivity contribution is 5.82. The standard InChI is InChI=1S/C16H22O6/c1-5-20-13-7-11(8-17)6-12(9-18)15(13)21-10-14(19)22-16(2,3)4/h6-7,9,17H,5,8,10H2,1-4H3. The summed E-state index contributed by atoms with van der Waals surface area (Å²) in [5.74, 6) is -0.0716. The summed E-state index contributed by atoms with van der Waals surface area (Å²) >= 11 is 0. The first-order chi connectivity index (χ1) is 10.3. The third kappa shape index (κ3) is 5.37. The fourth-order valence-electron chi connectivity index (χ4n) is 1.78. The second-order valence-electron chi connectivity index (χ2n) is 5.60. The first kappa shape index (κ1) is 18.0. The molecule has 0 heterocycles. The molecule has 22 heavy (non-hydrogen) atoms. The Hall–Kier alpha value is -2.08. The number of esters is 1. The lowest BCUT2D eigenvalue weighted by atomic mass is 10.1. The van der Waals surface area contributed by atoms with Gasteiger partial charge in [-0.3, -0.25) is 4.79 Å². The Morgan fingerprint density at radius 1 is 1.27 bits per heavy atom. The molecule has 0 unspecified atom stereocenters. The number of carbonyl (C=O) groups excluding carboxylic acids is 2. The van der Waals surface area contributed by atoms with Gasteiger partial charge >= 0.3 is 5.97 Å². The molecule has 1 rings (SSSR count). The molecule has 0 radical (unpaired) electrons. The minimum Gasteiger partial charge on any atom is -0.490 e. The van der Waals surface area contributed by atoms with E-state index in [0.717, 1.165) is 0 Å². The van der Waals surface area contributed by atoms with Gasteiger partial charge in [-0.2, -0.15) is 0 Å². The summed E-state index contributed by atoms with van der Waals surface area (Å²) in [4.78, 5) is 22.9. The maximum Gasteiger partial charge on any atom is 0.344 e. The SMILES string of the molecule is CCOc1cc(CO)cc(C=O)c1OCC(=O)OC(C)(C)C. The Bertz CT molecular complexity index is 530. The number of carbonyl (C=O) groups is 2. The Labute approximate surface area is 130 Å². The van der Waals surface area contributed by atoms with Crippen molar-refractivity contribution in [2.24, 2.45) is 0 Å². The summed E-state index contributed by atoms with van der Waals surface area (Å²) in [6.45, 7) is 6.83. The highest BCUT2D eigenvalue weighted by atomic mass is 16.6. The number of hydrogen-bond donors (Lipinski definition) is 1. The van der Waals surface area contributed by atoms with Gasteiger partial charge in [-0.05, 0) is 45.4 Å². The van der Waals surface area contributed by atoms with Gasteiger partial charge in [0.25, 0.3) is 0 Å². The van der Waals surface area contributed by atoms with Crippen LogP contribution in [0.3, 0.4) is 0 Å². The summed E-state index contributed by atoms with van der Waals surface area (Å²) in [6, 6.07) is 3.06. The first-order valence-electron chi connectivity index (χ1n) is 7.01. The van der Waals surface area contributed by atoms with Crippen LogP contribution in [0.2, 0.25) is 0 Å². The van der Waals surface area contributed by atoms with Gasteiger partial charge in [0, 0.05) is 0 Å². The normalized spacial score (nSPS) is 11.0. The minimum atomic E-state index is -0.614. The maximum absolute atomic E-state index is 11.7. The number of aliphatic hydroxyl groups excluding tert-OH is 1. The molecule has 0 aromatic heterocycles. The summed E-state index contributed by atoms with van der Waals surface area (Å²) in [6.07, 6.45) is 0.589. The second-order valence-corrected chi connectivity index (χ2v) is 5.60. The van der Waals surface area contributed by atoms with Gasteiger partial charge in [0.15, 0.2) is 24.4 Å². The molecule has 0 amide bonds. The Morgan fingerprint density at radius 3 is 2.45 bits per heavy atom. The van der Waals surface area contributed by atoms with Crippen LogP contribution in [0.5, 0.6) is 11.5 Å².